The highest BCUT2D eigenvalue weighted by Crippen LogP contribution is 2.33. The van der Waals surface area contributed by atoms with Crippen molar-refractivity contribution in [2.45, 2.75) is 78.3 Å². The van der Waals surface area contributed by atoms with Gasteiger partial charge in [0, 0.05) is 18.5 Å². The number of hydrogen-bond acceptors (Lipinski definition) is 2. The van der Waals surface area contributed by atoms with Crippen molar-refractivity contribution in [2.75, 3.05) is 6.54 Å². The van der Waals surface area contributed by atoms with E-state index in [4.69, 9.17) is 5.11 Å². The van der Waals surface area contributed by atoms with E-state index in [1.807, 2.05) is 0 Å². The average Bonchev–Trinajstić information content (AvgIpc) is 2.34. The van der Waals surface area contributed by atoms with Gasteiger partial charge in [-0.1, -0.05) is 26.7 Å². The summed E-state index contributed by atoms with van der Waals surface area (Å²) in [7, 11) is 0. The molecule has 1 fully saturated rings. The van der Waals surface area contributed by atoms with E-state index in [0.717, 1.165) is 24.8 Å². The Hall–Kier alpha value is -0.570. The predicted molar refractivity (Wildman–Crippen MR) is 79.3 cm³/mol. The number of aliphatic carboxylic acids is 1. The lowest BCUT2D eigenvalue weighted by Gasteiger charge is -2.41. The van der Waals surface area contributed by atoms with Crippen LogP contribution in [0.4, 0.5) is 0 Å². The maximum atomic E-state index is 10.6. The Morgan fingerprint density at radius 3 is 2.47 bits per heavy atom. The minimum absolute atomic E-state index is 0.295. The van der Waals surface area contributed by atoms with Crippen molar-refractivity contribution in [1.82, 2.24) is 4.90 Å². The summed E-state index contributed by atoms with van der Waals surface area (Å²) in [5.74, 6) is 0.947. The van der Waals surface area contributed by atoms with Crippen LogP contribution in [0.5, 0.6) is 0 Å². The topological polar surface area (TPSA) is 40.5 Å². The molecule has 1 N–H and O–H groups in total. The van der Waals surface area contributed by atoms with Crippen LogP contribution in [0.15, 0.2) is 0 Å². The van der Waals surface area contributed by atoms with E-state index in [9.17, 15) is 4.79 Å². The first-order chi connectivity index (χ1) is 8.91. The number of hydrogen-bond donors (Lipinski definition) is 1. The summed E-state index contributed by atoms with van der Waals surface area (Å²) in [6, 6.07) is 1.18. The molecule has 0 bridgehead atoms. The number of nitrogens with zero attached hydrogens (tertiary/aromatic N) is 1. The number of carboxylic acid groups (broad SMARTS) is 1. The lowest BCUT2D eigenvalue weighted by Crippen LogP contribution is -2.44. The zero-order chi connectivity index (χ0) is 14.4. The molecule has 3 heteroatoms. The molecule has 0 amide bonds. The van der Waals surface area contributed by atoms with E-state index in [2.05, 4.69) is 32.6 Å². The molecule has 2 atom stereocenters. The van der Waals surface area contributed by atoms with Crippen LogP contribution in [0.25, 0.3) is 0 Å². The maximum Gasteiger partial charge on any atom is 0.303 e. The van der Waals surface area contributed by atoms with Gasteiger partial charge in [0.25, 0.3) is 0 Å². The zero-order valence-electron chi connectivity index (χ0n) is 13.1. The molecular formula is C16H31NO2. The number of carbonyl (C=O) groups is 1. The summed E-state index contributed by atoms with van der Waals surface area (Å²) in [4.78, 5) is 13.2. The van der Waals surface area contributed by atoms with Gasteiger partial charge < -0.3 is 5.11 Å². The summed E-state index contributed by atoms with van der Waals surface area (Å²) in [6.45, 7) is 10.1. The first-order valence-corrected chi connectivity index (χ1v) is 7.89. The minimum Gasteiger partial charge on any atom is -0.481 e. The third kappa shape index (κ3) is 5.52. The average molecular weight is 269 g/mol. The fourth-order valence-corrected chi connectivity index (χ4v) is 3.38. The van der Waals surface area contributed by atoms with Crippen LogP contribution >= 0.6 is 0 Å². The van der Waals surface area contributed by atoms with Crippen molar-refractivity contribution in [1.29, 1.82) is 0 Å². The number of rotatable bonds is 7. The summed E-state index contributed by atoms with van der Waals surface area (Å²) in [5, 5.41) is 8.77. The Bertz CT molecular complexity index is 276. The van der Waals surface area contributed by atoms with Crippen LogP contribution in [0.3, 0.4) is 0 Å². The first-order valence-electron chi connectivity index (χ1n) is 7.89. The largest absolute Gasteiger partial charge is 0.481 e. The predicted octanol–water partition coefficient (Wildman–Crippen LogP) is 3.78. The van der Waals surface area contributed by atoms with E-state index in [1.54, 1.807) is 0 Å². The van der Waals surface area contributed by atoms with Gasteiger partial charge in [-0.15, -0.1) is 0 Å². The summed E-state index contributed by atoms with van der Waals surface area (Å²) >= 11 is 0. The van der Waals surface area contributed by atoms with Crippen molar-refractivity contribution in [2.24, 2.45) is 11.8 Å². The molecule has 112 valence electrons. The standard InChI is InChI=1S/C16H31NO2/c1-12(2)14-7-5-8-15(11-14)17(13(3)4)10-6-9-16(18)19/h12-15H,5-11H2,1-4H3,(H,18,19). The van der Waals surface area contributed by atoms with Gasteiger partial charge in [-0.2, -0.15) is 0 Å². The normalized spacial score (nSPS) is 24.4. The van der Waals surface area contributed by atoms with Gasteiger partial charge in [-0.3, -0.25) is 9.69 Å². The van der Waals surface area contributed by atoms with E-state index in [1.165, 1.54) is 25.7 Å². The van der Waals surface area contributed by atoms with Crippen LogP contribution in [-0.4, -0.2) is 34.6 Å². The molecule has 0 radical (unpaired) electrons. The van der Waals surface area contributed by atoms with Crippen LogP contribution in [0.2, 0.25) is 0 Å². The fraction of sp³-hybridized carbons (Fsp3) is 0.938. The van der Waals surface area contributed by atoms with E-state index >= 15 is 0 Å². The molecule has 19 heavy (non-hydrogen) atoms. The lowest BCUT2D eigenvalue weighted by atomic mass is 9.78. The maximum absolute atomic E-state index is 10.6. The SMILES string of the molecule is CC(C)C1CCCC(N(CCCC(=O)O)C(C)C)C1. The second kappa shape index (κ2) is 7.88. The van der Waals surface area contributed by atoms with Crippen molar-refractivity contribution >= 4 is 5.97 Å². The van der Waals surface area contributed by atoms with Crippen LogP contribution in [0.1, 0.15) is 66.2 Å². The molecule has 1 saturated carbocycles. The van der Waals surface area contributed by atoms with Crippen LogP contribution in [-0.2, 0) is 4.79 Å². The Morgan fingerprint density at radius 2 is 1.95 bits per heavy atom. The molecule has 3 nitrogen and oxygen atoms in total. The van der Waals surface area contributed by atoms with Gasteiger partial charge in [0.1, 0.15) is 0 Å². The van der Waals surface area contributed by atoms with Gasteiger partial charge in [0.15, 0.2) is 0 Å². The summed E-state index contributed by atoms with van der Waals surface area (Å²) in [6.07, 6.45) is 6.35. The minimum atomic E-state index is -0.674. The van der Waals surface area contributed by atoms with Crippen LogP contribution < -0.4 is 0 Å². The van der Waals surface area contributed by atoms with E-state index in [0.29, 0.717) is 18.5 Å². The molecule has 0 aromatic carbocycles. The quantitative estimate of drug-likeness (QED) is 0.764. The molecular weight excluding hydrogens is 238 g/mol. The zero-order valence-corrected chi connectivity index (χ0v) is 13.1. The molecule has 0 aromatic heterocycles. The van der Waals surface area contributed by atoms with Crippen molar-refractivity contribution in [3.8, 4) is 0 Å². The molecule has 0 aromatic rings. The van der Waals surface area contributed by atoms with Gasteiger partial charge in [0.2, 0.25) is 0 Å². The second-order valence-electron chi connectivity index (χ2n) is 6.65. The molecule has 0 heterocycles. The molecule has 1 rings (SSSR count). The molecule has 0 saturated heterocycles. The fourth-order valence-electron chi connectivity index (χ4n) is 3.38. The van der Waals surface area contributed by atoms with Crippen molar-refractivity contribution in [3.63, 3.8) is 0 Å². The second-order valence-corrected chi connectivity index (χ2v) is 6.65. The highest BCUT2D eigenvalue weighted by atomic mass is 16.4. The highest BCUT2D eigenvalue weighted by molar-refractivity contribution is 5.66. The number of carboxylic acids is 1. The Morgan fingerprint density at radius 1 is 1.26 bits per heavy atom. The Labute approximate surface area is 118 Å². The van der Waals surface area contributed by atoms with Gasteiger partial charge >= 0.3 is 5.97 Å². The third-order valence-corrected chi connectivity index (χ3v) is 4.57. The van der Waals surface area contributed by atoms with Crippen molar-refractivity contribution in [3.05, 3.63) is 0 Å². The van der Waals surface area contributed by atoms with Gasteiger partial charge in [-0.05, 0) is 51.5 Å². The summed E-state index contributed by atoms with van der Waals surface area (Å²) < 4.78 is 0. The summed E-state index contributed by atoms with van der Waals surface area (Å²) in [5.41, 5.74) is 0. The third-order valence-electron chi connectivity index (χ3n) is 4.57. The molecule has 1 aliphatic rings. The van der Waals surface area contributed by atoms with Gasteiger partial charge in [-0.25, -0.2) is 0 Å². The molecule has 0 aliphatic heterocycles. The molecule has 1 aliphatic carbocycles. The smallest absolute Gasteiger partial charge is 0.303 e. The Kier molecular flexibility index (Phi) is 6.84. The molecule has 2 unspecified atom stereocenters. The molecule has 0 spiro atoms. The monoisotopic (exact) mass is 269 g/mol. The lowest BCUT2D eigenvalue weighted by molar-refractivity contribution is -0.137. The highest BCUT2D eigenvalue weighted by Gasteiger charge is 2.29. The van der Waals surface area contributed by atoms with Crippen LogP contribution in [0, 0.1) is 11.8 Å². The van der Waals surface area contributed by atoms with Crippen molar-refractivity contribution < 1.29 is 9.90 Å². The van der Waals surface area contributed by atoms with E-state index in [-0.39, 0.29) is 0 Å². The first kappa shape index (κ1) is 16.5. The van der Waals surface area contributed by atoms with Gasteiger partial charge in [0.05, 0.1) is 0 Å². The van der Waals surface area contributed by atoms with E-state index < -0.39 is 5.97 Å². The Balaban J connectivity index is 2.52.